The van der Waals surface area contributed by atoms with Crippen LogP contribution in [-0.4, -0.2) is 25.3 Å². The molecule has 1 amide bonds. The average molecular weight is 271 g/mol. The molecule has 0 radical (unpaired) electrons. The van der Waals surface area contributed by atoms with E-state index in [-0.39, 0.29) is 5.91 Å². The molecule has 3 nitrogen and oxygen atoms in total. The lowest BCUT2D eigenvalue weighted by Gasteiger charge is -2.12. The van der Waals surface area contributed by atoms with E-state index in [0.29, 0.717) is 11.9 Å². The van der Waals surface area contributed by atoms with Crippen molar-refractivity contribution in [2.24, 2.45) is 0 Å². The van der Waals surface area contributed by atoms with Crippen molar-refractivity contribution in [1.82, 2.24) is 5.32 Å². The number of nitrogens with zero attached hydrogens (tertiary/aromatic N) is 1. The monoisotopic (exact) mass is 270 g/mol. The fourth-order valence-electron chi connectivity index (χ4n) is 1.16. The van der Waals surface area contributed by atoms with Gasteiger partial charge in [0.15, 0.2) is 0 Å². The molecule has 0 heterocycles. The summed E-state index contributed by atoms with van der Waals surface area (Å²) in [5.74, 6) is 0.00619. The summed E-state index contributed by atoms with van der Waals surface area (Å²) in [6.07, 6.45) is 0. The highest BCUT2D eigenvalue weighted by atomic mass is 79.9. The van der Waals surface area contributed by atoms with E-state index in [4.69, 9.17) is 0 Å². The molecule has 0 atom stereocenters. The maximum absolute atomic E-state index is 11.0. The van der Waals surface area contributed by atoms with Crippen molar-refractivity contribution in [1.29, 1.82) is 0 Å². The second-order valence-electron chi connectivity index (χ2n) is 3.47. The molecular formula is C11H15BrN2O. The van der Waals surface area contributed by atoms with Crippen molar-refractivity contribution in [2.75, 3.05) is 24.3 Å². The molecule has 0 saturated heterocycles. The number of hydrogen-bond donors (Lipinski definition) is 1. The third-order valence-electron chi connectivity index (χ3n) is 2.06. The number of carbonyl (C=O) groups is 1. The Labute approximate surface area is 98.6 Å². The van der Waals surface area contributed by atoms with Crippen LogP contribution in [0.3, 0.4) is 0 Å². The van der Waals surface area contributed by atoms with Gasteiger partial charge < -0.3 is 10.2 Å². The average Bonchev–Trinajstić information content (AvgIpc) is 2.26. The largest absolute Gasteiger partial charge is 0.378 e. The number of hydrogen-bond acceptors (Lipinski definition) is 2. The summed E-state index contributed by atoms with van der Waals surface area (Å²) < 4.78 is 0. The molecule has 4 heteroatoms. The van der Waals surface area contributed by atoms with Gasteiger partial charge in [0.25, 0.3) is 0 Å². The van der Waals surface area contributed by atoms with Crippen molar-refractivity contribution in [3.63, 3.8) is 0 Å². The van der Waals surface area contributed by atoms with E-state index in [0.717, 1.165) is 11.3 Å². The first kappa shape index (κ1) is 12.0. The highest BCUT2D eigenvalue weighted by Gasteiger charge is 1.99. The first-order valence-corrected chi connectivity index (χ1v) is 5.84. The minimum Gasteiger partial charge on any atom is -0.378 e. The molecule has 0 aliphatic carbocycles. The molecule has 15 heavy (non-hydrogen) atoms. The number of anilines is 1. The Hall–Kier alpha value is -1.03. The van der Waals surface area contributed by atoms with Crippen LogP contribution in [0.25, 0.3) is 0 Å². The van der Waals surface area contributed by atoms with Crippen molar-refractivity contribution in [3.05, 3.63) is 29.8 Å². The van der Waals surface area contributed by atoms with Crippen LogP contribution in [0, 0.1) is 0 Å². The minimum atomic E-state index is 0.00619. The van der Waals surface area contributed by atoms with Crippen LogP contribution in [0.5, 0.6) is 0 Å². The molecule has 1 aromatic carbocycles. The lowest BCUT2D eigenvalue weighted by Crippen LogP contribution is -2.23. The SMILES string of the molecule is CN(C)c1ccc(CNC(=O)CBr)cc1. The zero-order valence-electron chi connectivity index (χ0n) is 8.96. The summed E-state index contributed by atoms with van der Waals surface area (Å²) in [5.41, 5.74) is 2.26. The highest BCUT2D eigenvalue weighted by Crippen LogP contribution is 2.11. The van der Waals surface area contributed by atoms with Crippen LogP contribution in [0.1, 0.15) is 5.56 Å². The number of carbonyl (C=O) groups excluding carboxylic acids is 1. The molecule has 0 unspecified atom stereocenters. The summed E-state index contributed by atoms with van der Waals surface area (Å²) in [5, 5.41) is 3.15. The van der Waals surface area contributed by atoms with E-state index >= 15 is 0 Å². The van der Waals surface area contributed by atoms with Gasteiger partial charge in [-0.3, -0.25) is 4.79 Å². The Morgan fingerprint density at radius 3 is 2.40 bits per heavy atom. The van der Waals surface area contributed by atoms with E-state index in [1.807, 2.05) is 43.3 Å². The van der Waals surface area contributed by atoms with E-state index < -0.39 is 0 Å². The van der Waals surface area contributed by atoms with Gasteiger partial charge in [0.1, 0.15) is 0 Å². The van der Waals surface area contributed by atoms with Crippen molar-refractivity contribution in [3.8, 4) is 0 Å². The molecule has 0 spiro atoms. The Balaban J connectivity index is 2.53. The van der Waals surface area contributed by atoms with E-state index in [9.17, 15) is 4.79 Å². The summed E-state index contributed by atoms with van der Waals surface area (Å²) in [6.45, 7) is 0.581. The quantitative estimate of drug-likeness (QED) is 0.846. The second-order valence-corrected chi connectivity index (χ2v) is 4.03. The fraction of sp³-hybridized carbons (Fsp3) is 0.364. The van der Waals surface area contributed by atoms with Crippen LogP contribution >= 0.6 is 15.9 Å². The number of nitrogens with one attached hydrogen (secondary N) is 1. The third-order valence-corrected chi connectivity index (χ3v) is 2.57. The normalized spacial score (nSPS) is 9.80. The van der Waals surface area contributed by atoms with Gasteiger partial charge in [0.05, 0.1) is 5.33 Å². The van der Waals surface area contributed by atoms with E-state index in [1.54, 1.807) is 0 Å². The lowest BCUT2D eigenvalue weighted by atomic mass is 10.2. The molecule has 0 aromatic heterocycles. The van der Waals surface area contributed by atoms with Crippen LogP contribution < -0.4 is 10.2 Å². The molecular weight excluding hydrogens is 256 g/mol. The molecule has 0 saturated carbocycles. The van der Waals surface area contributed by atoms with Crippen molar-refractivity contribution < 1.29 is 4.79 Å². The maximum atomic E-state index is 11.0. The molecule has 1 aromatic rings. The number of halogens is 1. The fourth-order valence-corrected chi connectivity index (χ4v) is 1.36. The number of amides is 1. The van der Waals surface area contributed by atoms with Gasteiger partial charge in [0.2, 0.25) is 5.91 Å². The first-order valence-electron chi connectivity index (χ1n) is 4.72. The standard InChI is InChI=1S/C11H15BrN2O/c1-14(2)10-5-3-9(4-6-10)8-13-11(15)7-12/h3-6H,7-8H2,1-2H3,(H,13,15). The zero-order chi connectivity index (χ0) is 11.3. The van der Waals surface area contributed by atoms with Gasteiger partial charge in [-0.2, -0.15) is 0 Å². The van der Waals surface area contributed by atoms with Gasteiger partial charge in [-0.15, -0.1) is 0 Å². The van der Waals surface area contributed by atoms with Gasteiger partial charge in [-0.1, -0.05) is 28.1 Å². The van der Waals surface area contributed by atoms with Gasteiger partial charge in [0, 0.05) is 26.3 Å². The topological polar surface area (TPSA) is 32.3 Å². The Morgan fingerprint density at radius 2 is 1.93 bits per heavy atom. The second kappa shape index (κ2) is 5.75. The van der Waals surface area contributed by atoms with Crippen molar-refractivity contribution >= 4 is 27.5 Å². The molecule has 0 aliphatic heterocycles. The smallest absolute Gasteiger partial charge is 0.230 e. The summed E-state index contributed by atoms with van der Waals surface area (Å²) in [4.78, 5) is 13.0. The molecule has 82 valence electrons. The first-order chi connectivity index (χ1) is 7.13. The Bertz CT molecular complexity index is 322. The number of alkyl halides is 1. The zero-order valence-corrected chi connectivity index (χ0v) is 10.5. The molecule has 0 bridgehead atoms. The molecule has 1 N–H and O–H groups in total. The lowest BCUT2D eigenvalue weighted by molar-refractivity contribution is -0.118. The van der Waals surface area contributed by atoms with Gasteiger partial charge in [-0.25, -0.2) is 0 Å². The molecule has 0 aliphatic rings. The molecule has 0 fully saturated rings. The van der Waals surface area contributed by atoms with Gasteiger partial charge in [-0.05, 0) is 17.7 Å². The van der Waals surface area contributed by atoms with E-state index in [2.05, 4.69) is 21.2 Å². The predicted molar refractivity (Wildman–Crippen MR) is 66.4 cm³/mol. The highest BCUT2D eigenvalue weighted by molar-refractivity contribution is 9.09. The van der Waals surface area contributed by atoms with Crippen LogP contribution in [0.4, 0.5) is 5.69 Å². The summed E-state index contributed by atoms with van der Waals surface area (Å²) >= 11 is 3.10. The number of rotatable bonds is 4. The predicted octanol–water partition coefficient (Wildman–Crippen LogP) is 1.76. The van der Waals surface area contributed by atoms with Gasteiger partial charge >= 0.3 is 0 Å². The van der Waals surface area contributed by atoms with Crippen molar-refractivity contribution in [2.45, 2.75) is 6.54 Å². The minimum absolute atomic E-state index is 0.00619. The maximum Gasteiger partial charge on any atom is 0.230 e. The van der Waals surface area contributed by atoms with Crippen LogP contribution in [-0.2, 0) is 11.3 Å². The van der Waals surface area contributed by atoms with Crippen LogP contribution in [0.15, 0.2) is 24.3 Å². The summed E-state index contributed by atoms with van der Waals surface area (Å²) in [6, 6.07) is 8.11. The number of benzene rings is 1. The van der Waals surface area contributed by atoms with E-state index in [1.165, 1.54) is 0 Å². The Kier molecular flexibility index (Phi) is 4.62. The van der Waals surface area contributed by atoms with Crippen LogP contribution in [0.2, 0.25) is 0 Å². The summed E-state index contributed by atoms with van der Waals surface area (Å²) in [7, 11) is 4.00. The Morgan fingerprint density at radius 1 is 1.33 bits per heavy atom. The third kappa shape index (κ3) is 3.91. The molecule has 1 rings (SSSR count).